The molecule has 1 N–H and O–H groups in total. The summed E-state index contributed by atoms with van der Waals surface area (Å²) >= 11 is 0. The Bertz CT molecular complexity index is 1260. The number of hydrogen-bond donors (Lipinski definition) is 1. The molecule has 1 amide bonds. The van der Waals surface area contributed by atoms with Crippen molar-refractivity contribution in [3.8, 4) is 34.1 Å². The number of amides is 1. The summed E-state index contributed by atoms with van der Waals surface area (Å²) < 4.78 is 22.3. The van der Waals surface area contributed by atoms with Gasteiger partial charge >= 0.3 is 6.09 Å². The minimum atomic E-state index is -0.455. The Morgan fingerprint density at radius 1 is 0.750 bits per heavy atom. The van der Waals surface area contributed by atoms with Gasteiger partial charge in [0.25, 0.3) is 0 Å². The lowest BCUT2D eigenvalue weighted by Crippen LogP contribution is -2.26. The molecule has 0 aliphatic rings. The zero-order chi connectivity index (χ0) is 25.2. The van der Waals surface area contributed by atoms with E-state index in [9.17, 15) is 4.79 Å². The van der Waals surface area contributed by atoms with Crippen LogP contribution in [0.5, 0.6) is 23.0 Å². The Morgan fingerprint density at radius 2 is 1.36 bits per heavy atom. The average molecular weight is 484 g/mol. The van der Waals surface area contributed by atoms with Crippen LogP contribution in [-0.2, 0) is 17.8 Å². The number of ether oxygens (including phenoxy) is 4. The van der Waals surface area contributed by atoms with Crippen LogP contribution in [0.15, 0.2) is 97.1 Å². The van der Waals surface area contributed by atoms with Crippen molar-refractivity contribution in [2.45, 2.75) is 13.0 Å². The summed E-state index contributed by atoms with van der Waals surface area (Å²) in [5.41, 5.74) is 3.93. The SMILES string of the molecule is COc1cc(CCNC(=O)OCc2ccccc2)c(-c2ccc(Oc3ccccc3)cc2)cc1OC. The van der Waals surface area contributed by atoms with Crippen molar-refractivity contribution >= 4 is 6.09 Å². The molecule has 0 bridgehead atoms. The summed E-state index contributed by atoms with van der Waals surface area (Å²) in [6.45, 7) is 0.636. The average Bonchev–Trinajstić information content (AvgIpc) is 2.93. The van der Waals surface area contributed by atoms with E-state index in [0.29, 0.717) is 24.5 Å². The predicted octanol–water partition coefficient (Wildman–Crippen LogP) is 6.63. The van der Waals surface area contributed by atoms with Gasteiger partial charge in [0.2, 0.25) is 0 Å². The number of benzene rings is 4. The van der Waals surface area contributed by atoms with Crippen LogP contribution in [0, 0.1) is 0 Å². The quantitative estimate of drug-likeness (QED) is 0.274. The fourth-order valence-electron chi connectivity index (χ4n) is 3.80. The van der Waals surface area contributed by atoms with E-state index in [0.717, 1.165) is 33.8 Å². The topological polar surface area (TPSA) is 66.0 Å². The molecular weight excluding hydrogens is 454 g/mol. The highest BCUT2D eigenvalue weighted by molar-refractivity contribution is 5.72. The lowest BCUT2D eigenvalue weighted by Gasteiger charge is -2.16. The van der Waals surface area contributed by atoms with Crippen LogP contribution >= 0.6 is 0 Å². The summed E-state index contributed by atoms with van der Waals surface area (Å²) in [7, 11) is 3.22. The zero-order valence-electron chi connectivity index (χ0n) is 20.4. The first kappa shape index (κ1) is 24.7. The number of carbonyl (C=O) groups is 1. The van der Waals surface area contributed by atoms with Crippen molar-refractivity contribution in [3.05, 3.63) is 108 Å². The smallest absolute Gasteiger partial charge is 0.407 e. The Morgan fingerprint density at radius 3 is 2.03 bits per heavy atom. The second-order valence-electron chi connectivity index (χ2n) is 8.04. The highest BCUT2D eigenvalue weighted by Gasteiger charge is 2.14. The van der Waals surface area contributed by atoms with Gasteiger partial charge in [0, 0.05) is 6.54 Å². The highest BCUT2D eigenvalue weighted by Crippen LogP contribution is 2.37. The first-order chi connectivity index (χ1) is 17.7. The fraction of sp³-hybridized carbons (Fsp3) is 0.167. The lowest BCUT2D eigenvalue weighted by molar-refractivity contribution is 0.140. The van der Waals surface area contributed by atoms with Crippen molar-refractivity contribution in [1.29, 1.82) is 0 Å². The highest BCUT2D eigenvalue weighted by atomic mass is 16.5. The van der Waals surface area contributed by atoms with Gasteiger partial charge < -0.3 is 24.3 Å². The molecule has 0 aliphatic carbocycles. The van der Waals surface area contributed by atoms with Gasteiger partial charge in [0.1, 0.15) is 18.1 Å². The van der Waals surface area contributed by atoms with Crippen LogP contribution in [0.2, 0.25) is 0 Å². The molecule has 0 aromatic heterocycles. The Balaban J connectivity index is 1.46. The van der Waals surface area contributed by atoms with Gasteiger partial charge in [-0.05, 0) is 65.1 Å². The standard InChI is InChI=1S/C30H29NO5/c1-33-28-19-24(17-18-31-30(32)35-21-22-9-5-3-6-10-22)27(20-29(28)34-2)23-13-15-26(16-14-23)36-25-11-7-4-8-12-25/h3-16,19-20H,17-18,21H2,1-2H3,(H,31,32). The van der Waals surface area contributed by atoms with E-state index >= 15 is 0 Å². The van der Waals surface area contributed by atoms with E-state index in [4.69, 9.17) is 18.9 Å². The Kier molecular flexibility index (Phi) is 8.44. The molecule has 0 radical (unpaired) electrons. The van der Waals surface area contributed by atoms with Crippen LogP contribution in [-0.4, -0.2) is 26.9 Å². The van der Waals surface area contributed by atoms with Crippen LogP contribution < -0.4 is 19.5 Å². The first-order valence-electron chi connectivity index (χ1n) is 11.7. The van der Waals surface area contributed by atoms with E-state index in [-0.39, 0.29) is 6.61 Å². The van der Waals surface area contributed by atoms with Gasteiger partial charge in [0.15, 0.2) is 11.5 Å². The third-order valence-corrected chi connectivity index (χ3v) is 5.63. The number of alkyl carbamates (subject to hydrolysis) is 1. The summed E-state index contributed by atoms with van der Waals surface area (Å²) in [5.74, 6) is 2.79. The maximum absolute atomic E-state index is 12.2. The van der Waals surface area contributed by atoms with E-state index < -0.39 is 6.09 Å². The monoisotopic (exact) mass is 483 g/mol. The van der Waals surface area contributed by atoms with E-state index in [1.165, 1.54) is 0 Å². The summed E-state index contributed by atoms with van der Waals surface area (Å²) in [4.78, 5) is 12.2. The van der Waals surface area contributed by atoms with Crippen LogP contribution in [0.4, 0.5) is 4.79 Å². The molecule has 4 aromatic carbocycles. The van der Waals surface area contributed by atoms with E-state index in [1.54, 1.807) is 14.2 Å². The molecule has 0 saturated heterocycles. The first-order valence-corrected chi connectivity index (χ1v) is 11.7. The summed E-state index contributed by atoms with van der Waals surface area (Å²) in [5, 5.41) is 2.83. The van der Waals surface area contributed by atoms with Gasteiger partial charge in [0.05, 0.1) is 14.2 Å². The molecule has 36 heavy (non-hydrogen) atoms. The number of methoxy groups -OCH3 is 2. The largest absolute Gasteiger partial charge is 0.493 e. The van der Waals surface area contributed by atoms with Crippen LogP contribution in [0.1, 0.15) is 11.1 Å². The van der Waals surface area contributed by atoms with Gasteiger partial charge in [-0.25, -0.2) is 4.79 Å². The second-order valence-corrected chi connectivity index (χ2v) is 8.04. The van der Waals surface area contributed by atoms with Crippen molar-refractivity contribution in [2.75, 3.05) is 20.8 Å². The number of nitrogens with one attached hydrogen (secondary N) is 1. The van der Waals surface area contributed by atoms with Gasteiger partial charge in [-0.15, -0.1) is 0 Å². The third-order valence-electron chi connectivity index (χ3n) is 5.63. The van der Waals surface area contributed by atoms with Crippen molar-refractivity contribution < 1.29 is 23.7 Å². The summed E-state index contributed by atoms with van der Waals surface area (Å²) in [6.07, 6.45) is 0.126. The molecule has 0 saturated carbocycles. The molecule has 4 rings (SSSR count). The molecule has 6 heteroatoms. The second kappa shape index (κ2) is 12.3. The molecule has 0 spiro atoms. The summed E-state index contributed by atoms with van der Waals surface area (Å²) in [6, 6.07) is 31.0. The molecule has 6 nitrogen and oxygen atoms in total. The number of hydrogen-bond acceptors (Lipinski definition) is 5. The number of para-hydroxylation sites is 1. The Labute approximate surface area is 211 Å². The van der Waals surface area contributed by atoms with Crippen molar-refractivity contribution in [3.63, 3.8) is 0 Å². The van der Waals surface area contributed by atoms with Gasteiger partial charge in [-0.2, -0.15) is 0 Å². The molecule has 0 fully saturated rings. The van der Waals surface area contributed by atoms with Gasteiger partial charge in [-0.3, -0.25) is 0 Å². The molecular formula is C30H29NO5. The van der Waals surface area contributed by atoms with Gasteiger partial charge in [-0.1, -0.05) is 60.7 Å². The minimum absolute atomic E-state index is 0.228. The minimum Gasteiger partial charge on any atom is -0.493 e. The van der Waals surface area contributed by atoms with Crippen molar-refractivity contribution in [2.24, 2.45) is 0 Å². The van der Waals surface area contributed by atoms with Crippen LogP contribution in [0.3, 0.4) is 0 Å². The predicted molar refractivity (Wildman–Crippen MR) is 140 cm³/mol. The molecule has 0 aliphatic heterocycles. The number of rotatable bonds is 10. The van der Waals surface area contributed by atoms with E-state index in [2.05, 4.69) is 5.32 Å². The lowest BCUT2D eigenvalue weighted by atomic mass is 9.96. The third kappa shape index (κ3) is 6.57. The zero-order valence-corrected chi connectivity index (χ0v) is 20.4. The van der Waals surface area contributed by atoms with Crippen LogP contribution in [0.25, 0.3) is 11.1 Å². The molecule has 4 aromatic rings. The van der Waals surface area contributed by atoms with E-state index in [1.807, 2.05) is 97.1 Å². The maximum atomic E-state index is 12.2. The normalized spacial score (nSPS) is 10.4. The molecule has 0 atom stereocenters. The molecule has 0 unspecified atom stereocenters. The Hall–Kier alpha value is -4.45. The van der Waals surface area contributed by atoms with Crippen molar-refractivity contribution in [1.82, 2.24) is 5.32 Å². The number of carbonyl (C=O) groups excluding carboxylic acids is 1. The molecule has 184 valence electrons. The fourth-order valence-corrected chi connectivity index (χ4v) is 3.80. The molecule has 0 heterocycles. The maximum Gasteiger partial charge on any atom is 0.407 e.